The van der Waals surface area contributed by atoms with E-state index < -0.39 is 34.7 Å². The number of thioether (sulfide) groups is 1. The minimum atomic E-state index is -1.03. The molecule has 0 bridgehead atoms. The molecule has 0 unspecified atom stereocenters. The summed E-state index contributed by atoms with van der Waals surface area (Å²) in [5, 5.41) is 11.7. The van der Waals surface area contributed by atoms with Gasteiger partial charge in [-0.25, -0.2) is 4.79 Å². The molecule has 8 heteroatoms. The monoisotopic (exact) mass is 349 g/mol. The zero-order chi connectivity index (χ0) is 17.6. The van der Waals surface area contributed by atoms with Crippen molar-refractivity contribution in [1.29, 1.82) is 0 Å². The van der Waals surface area contributed by atoms with Crippen molar-refractivity contribution >= 4 is 29.5 Å². The Morgan fingerprint density at radius 3 is 2.54 bits per heavy atom. The number of rotatable bonds is 4. The molecule has 2 saturated heterocycles. The molecule has 0 saturated carbocycles. The summed E-state index contributed by atoms with van der Waals surface area (Å²) in [5.74, 6) is -1.86. The molecule has 0 aliphatic carbocycles. The molecule has 0 aromatic heterocycles. The van der Waals surface area contributed by atoms with Gasteiger partial charge < -0.3 is 21.1 Å². The normalized spacial score (nSPS) is 28.7. The SMILES string of the molecule is CC1(C)S[C@H]2[C@H](NC(=O)[C@@H](N)c3ccccc3)C(=O)N2[C@H]1C(=O)O. The van der Waals surface area contributed by atoms with Gasteiger partial charge in [0.05, 0.1) is 0 Å². The van der Waals surface area contributed by atoms with Crippen LogP contribution in [-0.2, 0) is 14.4 Å². The third-order valence-electron chi connectivity index (χ3n) is 4.41. The van der Waals surface area contributed by atoms with Gasteiger partial charge in [0, 0.05) is 4.75 Å². The molecule has 1 aromatic carbocycles. The summed E-state index contributed by atoms with van der Waals surface area (Å²) in [4.78, 5) is 37.5. The molecule has 0 spiro atoms. The van der Waals surface area contributed by atoms with Crippen molar-refractivity contribution in [2.75, 3.05) is 0 Å². The molecule has 3 rings (SSSR count). The van der Waals surface area contributed by atoms with E-state index in [1.807, 2.05) is 6.07 Å². The van der Waals surface area contributed by atoms with Crippen molar-refractivity contribution in [1.82, 2.24) is 10.2 Å². The molecule has 4 N–H and O–H groups in total. The summed E-state index contributed by atoms with van der Waals surface area (Å²) >= 11 is 1.38. The number of aliphatic carboxylic acids is 1. The fraction of sp³-hybridized carbons (Fsp3) is 0.438. The lowest BCUT2D eigenvalue weighted by atomic mass is 9.95. The van der Waals surface area contributed by atoms with Crippen LogP contribution >= 0.6 is 11.8 Å². The summed E-state index contributed by atoms with van der Waals surface area (Å²) in [7, 11) is 0. The van der Waals surface area contributed by atoms with Gasteiger partial charge in [-0.3, -0.25) is 9.59 Å². The van der Waals surface area contributed by atoms with Crippen LogP contribution in [0.2, 0.25) is 0 Å². The number of amides is 2. The van der Waals surface area contributed by atoms with Crippen molar-refractivity contribution < 1.29 is 19.5 Å². The Hall–Kier alpha value is -2.06. The van der Waals surface area contributed by atoms with E-state index in [0.29, 0.717) is 5.56 Å². The molecule has 1 aromatic rings. The average Bonchev–Trinajstić information content (AvgIpc) is 2.80. The quantitative estimate of drug-likeness (QED) is 0.675. The van der Waals surface area contributed by atoms with E-state index in [9.17, 15) is 19.5 Å². The Balaban J connectivity index is 1.71. The molecule has 2 amide bonds. The van der Waals surface area contributed by atoms with E-state index in [1.54, 1.807) is 38.1 Å². The Morgan fingerprint density at radius 1 is 1.33 bits per heavy atom. The number of carbonyl (C=O) groups is 3. The highest BCUT2D eigenvalue weighted by Crippen LogP contribution is 2.50. The fourth-order valence-corrected chi connectivity index (χ4v) is 4.83. The summed E-state index contributed by atoms with van der Waals surface area (Å²) < 4.78 is -0.618. The Bertz CT molecular complexity index is 694. The molecule has 24 heavy (non-hydrogen) atoms. The van der Waals surface area contributed by atoms with E-state index in [1.165, 1.54) is 16.7 Å². The number of fused-ring (bicyclic) bond motifs is 1. The molecule has 2 aliphatic heterocycles. The van der Waals surface area contributed by atoms with Gasteiger partial charge in [0.15, 0.2) is 0 Å². The molecule has 7 nitrogen and oxygen atoms in total. The molecular formula is C16H19N3O4S. The largest absolute Gasteiger partial charge is 0.480 e. The van der Waals surface area contributed by atoms with Gasteiger partial charge in [-0.2, -0.15) is 0 Å². The van der Waals surface area contributed by atoms with Gasteiger partial charge in [-0.1, -0.05) is 30.3 Å². The highest BCUT2D eigenvalue weighted by Gasteiger charge is 2.64. The summed E-state index contributed by atoms with van der Waals surface area (Å²) in [6.45, 7) is 3.58. The van der Waals surface area contributed by atoms with Crippen LogP contribution in [-0.4, -0.2) is 50.0 Å². The lowest BCUT2D eigenvalue weighted by molar-refractivity contribution is -0.161. The van der Waals surface area contributed by atoms with E-state index in [-0.39, 0.29) is 11.3 Å². The van der Waals surface area contributed by atoms with Gasteiger partial charge in [0.2, 0.25) is 11.8 Å². The molecule has 4 atom stereocenters. The predicted octanol–water partition coefficient (Wildman–Crippen LogP) is 0.318. The van der Waals surface area contributed by atoms with Gasteiger partial charge in [-0.15, -0.1) is 11.8 Å². The number of carboxylic acid groups (broad SMARTS) is 1. The number of nitrogens with zero attached hydrogens (tertiary/aromatic N) is 1. The number of nitrogens with two attached hydrogens (primary N) is 1. The van der Waals surface area contributed by atoms with Crippen LogP contribution in [0.25, 0.3) is 0 Å². The van der Waals surface area contributed by atoms with Crippen molar-refractivity contribution in [2.24, 2.45) is 5.73 Å². The molecular weight excluding hydrogens is 330 g/mol. The van der Waals surface area contributed by atoms with Gasteiger partial charge in [0.1, 0.15) is 23.5 Å². The Kier molecular flexibility index (Phi) is 4.05. The lowest BCUT2D eigenvalue weighted by Gasteiger charge is -2.43. The number of benzene rings is 1. The van der Waals surface area contributed by atoms with Crippen LogP contribution in [0.3, 0.4) is 0 Å². The van der Waals surface area contributed by atoms with Crippen molar-refractivity contribution in [2.45, 2.75) is 42.1 Å². The third-order valence-corrected chi connectivity index (χ3v) is 5.99. The lowest BCUT2D eigenvalue weighted by Crippen LogP contribution is -2.71. The minimum absolute atomic E-state index is 0.375. The van der Waals surface area contributed by atoms with Gasteiger partial charge in [0.25, 0.3) is 0 Å². The van der Waals surface area contributed by atoms with Crippen LogP contribution in [0.4, 0.5) is 0 Å². The first-order valence-electron chi connectivity index (χ1n) is 7.58. The van der Waals surface area contributed by atoms with Crippen LogP contribution in [0.15, 0.2) is 30.3 Å². The fourth-order valence-electron chi connectivity index (χ4n) is 3.20. The van der Waals surface area contributed by atoms with E-state index in [4.69, 9.17) is 5.73 Å². The molecule has 0 radical (unpaired) electrons. The zero-order valence-corrected chi connectivity index (χ0v) is 14.1. The third kappa shape index (κ3) is 2.55. The number of nitrogens with one attached hydrogen (secondary N) is 1. The van der Waals surface area contributed by atoms with Gasteiger partial charge in [-0.05, 0) is 19.4 Å². The summed E-state index contributed by atoms with van der Waals surface area (Å²) in [6, 6.07) is 6.38. The standard InChI is InChI=1S/C16H19N3O4S/c1-16(2)11(15(22)23)19-13(21)10(14(19)24-16)18-12(20)9(17)8-6-4-3-5-7-8/h3-7,9-11,14H,17H2,1-2H3,(H,18,20)(H,22,23)/t9-,10+,11-,14-/m0/s1. The maximum absolute atomic E-state index is 12.3. The first-order valence-corrected chi connectivity index (χ1v) is 8.45. The molecule has 2 heterocycles. The highest BCUT2D eigenvalue weighted by atomic mass is 32.2. The highest BCUT2D eigenvalue weighted by molar-refractivity contribution is 8.01. The smallest absolute Gasteiger partial charge is 0.327 e. The number of hydrogen-bond donors (Lipinski definition) is 3. The van der Waals surface area contributed by atoms with Crippen molar-refractivity contribution in [3.05, 3.63) is 35.9 Å². The van der Waals surface area contributed by atoms with Crippen LogP contribution in [0.1, 0.15) is 25.5 Å². The average molecular weight is 349 g/mol. The van der Waals surface area contributed by atoms with Crippen molar-refractivity contribution in [3.8, 4) is 0 Å². The first-order chi connectivity index (χ1) is 11.2. The number of carbonyl (C=O) groups excluding carboxylic acids is 2. The number of hydrogen-bond acceptors (Lipinski definition) is 5. The maximum atomic E-state index is 12.3. The molecule has 128 valence electrons. The van der Waals surface area contributed by atoms with Gasteiger partial charge >= 0.3 is 5.97 Å². The topological polar surface area (TPSA) is 113 Å². The zero-order valence-electron chi connectivity index (χ0n) is 13.3. The second-order valence-electron chi connectivity index (χ2n) is 6.47. The summed E-state index contributed by atoms with van der Waals surface area (Å²) in [6.07, 6.45) is 0. The Morgan fingerprint density at radius 2 is 1.96 bits per heavy atom. The second-order valence-corrected chi connectivity index (χ2v) is 8.24. The minimum Gasteiger partial charge on any atom is -0.480 e. The maximum Gasteiger partial charge on any atom is 0.327 e. The first kappa shape index (κ1) is 16.8. The van der Waals surface area contributed by atoms with Crippen molar-refractivity contribution in [3.63, 3.8) is 0 Å². The van der Waals surface area contributed by atoms with E-state index in [2.05, 4.69) is 5.32 Å². The van der Waals surface area contributed by atoms with Crippen LogP contribution in [0, 0.1) is 0 Å². The molecule has 2 fully saturated rings. The summed E-state index contributed by atoms with van der Waals surface area (Å²) in [5.41, 5.74) is 6.59. The van der Waals surface area contributed by atoms with E-state index >= 15 is 0 Å². The van der Waals surface area contributed by atoms with E-state index in [0.717, 1.165) is 0 Å². The number of carboxylic acids is 1. The second kappa shape index (κ2) is 5.78. The number of β-lactam (4-membered cyclic amide) rings is 1. The van der Waals surface area contributed by atoms with Crippen LogP contribution in [0.5, 0.6) is 0 Å². The molecule has 2 aliphatic rings. The predicted molar refractivity (Wildman–Crippen MR) is 89.0 cm³/mol. The Labute approximate surface area is 143 Å². The van der Waals surface area contributed by atoms with Crippen LogP contribution < -0.4 is 11.1 Å².